The summed E-state index contributed by atoms with van der Waals surface area (Å²) < 4.78 is 10.6. The lowest BCUT2D eigenvalue weighted by molar-refractivity contribution is -0.206. The van der Waals surface area contributed by atoms with Gasteiger partial charge in [0.2, 0.25) is 5.78 Å². The number of alkyl halides is 1. The molecule has 4 fully saturated rings. The quantitative estimate of drug-likeness (QED) is 0.375. The lowest BCUT2D eigenvalue weighted by atomic mass is 9.43. The van der Waals surface area contributed by atoms with E-state index >= 15 is 0 Å². The Kier molecular flexibility index (Phi) is 5.98. The highest BCUT2D eigenvalue weighted by atomic mass is 35.5. The van der Waals surface area contributed by atoms with Gasteiger partial charge in [0.15, 0.2) is 12.4 Å². The molecule has 1 N–H and O–H groups in total. The number of fused-ring (bicyclic) bond motifs is 5. The van der Waals surface area contributed by atoms with Crippen LogP contribution in [0.5, 0.6) is 0 Å². The van der Waals surface area contributed by atoms with Gasteiger partial charge in [-0.05, 0) is 61.7 Å². The summed E-state index contributed by atoms with van der Waals surface area (Å²) in [6.45, 7) is 5.31. The van der Waals surface area contributed by atoms with Crippen molar-refractivity contribution < 1.29 is 33.8 Å². The van der Waals surface area contributed by atoms with Crippen molar-refractivity contribution in [2.75, 3.05) is 6.61 Å². The summed E-state index contributed by atoms with van der Waals surface area (Å²) in [5.74, 6) is -0.717. The van der Waals surface area contributed by atoms with E-state index in [1.165, 1.54) is 6.92 Å². The molecule has 0 amide bonds. The molecule has 4 saturated carbocycles. The Hall–Kier alpha value is -1.47. The number of hydrogen-bond acceptors (Lipinski definition) is 7. The number of halogens is 1. The molecule has 0 radical (unpaired) electrons. The number of esters is 1. The highest BCUT2D eigenvalue weighted by Gasteiger charge is 2.70. The molecule has 4 aliphatic carbocycles. The second-order valence-electron chi connectivity index (χ2n) is 10.8. The number of aliphatic hydroxyl groups is 1. The predicted octanol–water partition coefficient (Wildman–Crippen LogP) is 2.83. The van der Waals surface area contributed by atoms with Crippen molar-refractivity contribution in [2.45, 2.75) is 82.8 Å². The van der Waals surface area contributed by atoms with E-state index in [0.717, 1.165) is 12.8 Å². The molecule has 8 heteroatoms. The van der Waals surface area contributed by atoms with E-state index in [-0.39, 0.29) is 34.9 Å². The molecule has 0 heterocycles. The molecule has 4 aliphatic rings. The average Bonchev–Trinajstić information content (AvgIpc) is 3.01. The first-order chi connectivity index (χ1) is 15.0. The van der Waals surface area contributed by atoms with Gasteiger partial charge >= 0.3 is 5.97 Å². The third-order valence-electron chi connectivity index (χ3n) is 9.67. The Bertz CT molecular complexity index is 829. The molecular weight excluding hydrogens is 436 g/mol. The number of carbonyl (C=O) groups excluding carboxylic acids is 4. The largest absolute Gasteiger partial charge is 0.464 e. The Labute approximate surface area is 193 Å². The van der Waals surface area contributed by atoms with Crippen molar-refractivity contribution in [3.8, 4) is 0 Å². The molecular formula is C24H33ClO7. The van der Waals surface area contributed by atoms with Gasteiger partial charge in [-0.2, -0.15) is 0 Å². The highest BCUT2D eigenvalue weighted by molar-refractivity contribution is 6.31. The molecule has 7 nitrogen and oxygen atoms in total. The van der Waals surface area contributed by atoms with Crippen molar-refractivity contribution in [3.63, 3.8) is 0 Å². The number of carbonyl (C=O) groups is 4. The van der Waals surface area contributed by atoms with Gasteiger partial charge in [0, 0.05) is 24.7 Å². The van der Waals surface area contributed by atoms with Crippen molar-refractivity contribution in [1.82, 2.24) is 0 Å². The molecule has 0 aromatic heterocycles. The maximum Gasteiger partial charge on any atom is 0.303 e. The van der Waals surface area contributed by atoms with Crippen molar-refractivity contribution in [2.24, 2.45) is 34.5 Å². The van der Waals surface area contributed by atoms with Gasteiger partial charge in [0.25, 0.3) is 6.47 Å². The third-order valence-corrected chi connectivity index (χ3v) is 10.2. The topological polar surface area (TPSA) is 107 Å². The Morgan fingerprint density at radius 2 is 1.91 bits per heavy atom. The van der Waals surface area contributed by atoms with Crippen LogP contribution in [-0.2, 0) is 28.7 Å². The van der Waals surface area contributed by atoms with Gasteiger partial charge in [0.05, 0.1) is 5.38 Å². The lowest BCUT2D eigenvalue weighted by Gasteiger charge is -2.63. The maximum atomic E-state index is 13.0. The van der Waals surface area contributed by atoms with Crippen LogP contribution < -0.4 is 0 Å². The summed E-state index contributed by atoms with van der Waals surface area (Å²) in [5, 5.41) is 11.1. The molecule has 0 spiro atoms. The second kappa shape index (κ2) is 8.08. The SMILES string of the molecule is CC(=O)OCC(=O)[C@@]1(O)CC[C@H]2[C@@H]3CCC4C(Cl)C(=O)CC[C@]4(C)[C@H]3[C@H](OC=O)C[C@@]21C. The summed E-state index contributed by atoms with van der Waals surface area (Å²) >= 11 is 6.59. The van der Waals surface area contributed by atoms with Crippen LogP contribution in [0.4, 0.5) is 0 Å². The number of ketones is 2. The van der Waals surface area contributed by atoms with Gasteiger partial charge in [-0.25, -0.2) is 0 Å². The van der Waals surface area contributed by atoms with Crippen molar-refractivity contribution >= 4 is 35.6 Å². The standard InChI is InChI=1S/C24H33ClO7/c1-13(27)31-11-19(29)24(30)9-6-15-14-4-5-16-21(25)17(28)7-8-22(16,2)20(14)18(32-12-26)10-23(15,24)3/h12,14-16,18,20-21,30H,4-11H2,1-3H3/t14-,15-,16?,18+,20+,21?,22-,23-,24-/m0/s1. The van der Waals surface area contributed by atoms with Gasteiger partial charge in [-0.3, -0.25) is 19.2 Å². The molecule has 9 atom stereocenters. The van der Waals surface area contributed by atoms with Gasteiger partial charge in [0.1, 0.15) is 11.7 Å². The van der Waals surface area contributed by atoms with Crippen molar-refractivity contribution in [1.29, 1.82) is 0 Å². The molecule has 0 aromatic carbocycles. The Morgan fingerprint density at radius 3 is 2.56 bits per heavy atom. The van der Waals surface area contributed by atoms with E-state index in [1.54, 1.807) is 0 Å². The van der Waals surface area contributed by atoms with Crippen LogP contribution in [0, 0.1) is 34.5 Å². The maximum absolute atomic E-state index is 13.0. The van der Waals surface area contributed by atoms with Crippen LogP contribution >= 0.6 is 11.6 Å². The zero-order valence-corrected chi connectivity index (χ0v) is 19.7. The number of hydrogen-bond donors (Lipinski definition) is 1. The summed E-state index contributed by atoms with van der Waals surface area (Å²) in [6, 6.07) is 0. The molecule has 178 valence electrons. The number of ether oxygens (including phenoxy) is 2. The first-order valence-corrected chi connectivity index (χ1v) is 12.1. The third kappa shape index (κ3) is 3.25. The zero-order chi connectivity index (χ0) is 23.5. The minimum absolute atomic E-state index is 0.0183. The van der Waals surface area contributed by atoms with Crippen LogP contribution in [0.15, 0.2) is 0 Å². The molecule has 0 aliphatic heterocycles. The minimum atomic E-state index is -1.64. The van der Waals surface area contributed by atoms with E-state index in [4.69, 9.17) is 21.1 Å². The first-order valence-electron chi connectivity index (χ1n) is 11.6. The van der Waals surface area contributed by atoms with Gasteiger partial charge in [-0.15, -0.1) is 11.6 Å². The van der Waals surface area contributed by atoms with Crippen LogP contribution in [0.25, 0.3) is 0 Å². The van der Waals surface area contributed by atoms with E-state index in [1.807, 2.05) is 6.92 Å². The van der Waals surface area contributed by atoms with Crippen molar-refractivity contribution in [3.05, 3.63) is 0 Å². The molecule has 0 saturated heterocycles. The number of rotatable bonds is 5. The first kappa shape index (κ1) is 23.7. The smallest absolute Gasteiger partial charge is 0.303 e. The average molecular weight is 469 g/mol. The van der Waals surface area contributed by atoms with E-state index in [9.17, 15) is 24.3 Å². The van der Waals surface area contributed by atoms with Gasteiger partial charge in [-0.1, -0.05) is 13.8 Å². The van der Waals surface area contributed by atoms with Gasteiger partial charge < -0.3 is 14.6 Å². The number of Topliss-reactive ketones (excluding diaryl/α,β-unsaturated/α-hetero) is 2. The fourth-order valence-electron chi connectivity index (χ4n) is 8.13. The molecule has 0 bridgehead atoms. The fourth-order valence-corrected chi connectivity index (χ4v) is 8.66. The summed E-state index contributed by atoms with van der Waals surface area (Å²) in [7, 11) is 0. The predicted molar refractivity (Wildman–Crippen MR) is 115 cm³/mol. The Morgan fingerprint density at radius 1 is 1.19 bits per heavy atom. The van der Waals surface area contributed by atoms with E-state index in [2.05, 4.69) is 6.92 Å². The Balaban J connectivity index is 1.70. The van der Waals surface area contributed by atoms with Crippen LogP contribution in [0.3, 0.4) is 0 Å². The van der Waals surface area contributed by atoms with E-state index < -0.39 is 40.9 Å². The monoisotopic (exact) mass is 468 g/mol. The fraction of sp³-hybridized carbons (Fsp3) is 0.833. The van der Waals surface area contributed by atoms with Crippen LogP contribution in [0.1, 0.15) is 65.7 Å². The minimum Gasteiger partial charge on any atom is -0.464 e. The molecule has 32 heavy (non-hydrogen) atoms. The van der Waals surface area contributed by atoms with E-state index in [0.29, 0.717) is 38.6 Å². The molecule has 0 aromatic rings. The normalized spacial score (nSPS) is 47.6. The van der Waals surface area contributed by atoms with Crippen LogP contribution in [0.2, 0.25) is 0 Å². The summed E-state index contributed by atoms with van der Waals surface area (Å²) in [6.07, 6.45) is 3.59. The summed E-state index contributed by atoms with van der Waals surface area (Å²) in [4.78, 5) is 48.1. The second-order valence-corrected chi connectivity index (χ2v) is 11.3. The summed E-state index contributed by atoms with van der Waals surface area (Å²) in [5.41, 5.74) is -2.69. The highest BCUT2D eigenvalue weighted by Crippen LogP contribution is 2.68. The van der Waals surface area contributed by atoms with Crippen LogP contribution in [-0.4, -0.2) is 52.8 Å². The molecule has 2 unspecified atom stereocenters. The molecule has 4 rings (SSSR count). The zero-order valence-electron chi connectivity index (χ0n) is 19.0. The lowest BCUT2D eigenvalue weighted by Crippen LogP contribution is -2.64.